The highest BCUT2D eigenvalue weighted by atomic mass is 16.5. The van der Waals surface area contributed by atoms with E-state index in [4.69, 9.17) is 24.3 Å². The summed E-state index contributed by atoms with van der Waals surface area (Å²) in [6, 6.07) is 8.03. The second-order valence-electron chi connectivity index (χ2n) is 7.09. The lowest BCUT2D eigenvalue weighted by molar-refractivity contribution is 0.0974. The van der Waals surface area contributed by atoms with E-state index in [1.165, 1.54) is 32.1 Å². The van der Waals surface area contributed by atoms with Crippen LogP contribution in [0.1, 0.15) is 68.7 Å². The standard InChI is InChI=1S/C20H27N3O3/c1-24-16-9-11-17(12-10-16)26-14-19-21-20(18-8-5-13-25-18)23(22-19)15-6-3-2-4-7-15/h9-12,15,18H,2-8,13-14H2,1H3. The van der Waals surface area contributed by atoms with Gasteiger partial charge >= 0.3 is 0 Å². The summed E-state index contributed by atoms with van der Waals surface area (Å²) in [6.07, 6.45) is 8.45. The number of aromatic nitrogens is 3. The Labute approximate surface area is 154 Å². The Morgan fingerprint density at radius 3 is 2.50 bits per heavy atom. The number of ether oxygens (including phenoxy) is 3. The monoisotopic (exact) mass is 357 g/mol. The lowest BCUT2D eigenvalue weighted by atomic mass is 9.95. The van der Waals surface area contributed by atoms with Gasteiger partial charge in [0.15, 0.2) is 11.6 Å². The molecular weight excluding hydrogens is 330 g/mol. The molecule has 4 rings (SSSR count). The van der Waals surface area contributed by atoms with Gasteiger partial charge in [-0.15, -0.1) is 0 Å². The van der Waals surface area contributed by atoms with Gasteiger partial charge in [-0.3, -0.25) is 0 Å². The van der Waals surface area contributed by atoms with E-state index in [1.807, 2.05) is 24.3 Å². The van der Waals surface area contributed by atoms with Crippen molar-refractivity contribution in [3.05, 3.63) is 35.9 Å². The summed E-state index contributed by atoms with van der Waals surface area (Å²) in [4.78, 5) is 4.79. The molecule has 1 aromatic heterocycles. The van der Waals surface area contributed by atoms with E-state index in [1.54, 1.807) is 7.11 Å². The van der Waals surface area contributed by atoms with E-state index >= 15 is 0 Å². The summed E-state index contributed by atoms with van der Waals surface area (Å²) in [5.74, 6) is 3.33. The first kappa shape index (κ1) is 17.3. The predicted octanol–water partition coefficient (Wildman–Crippen LogP) is 4.22. The maximum Gasteiger partial charge on any atom is 0.188 e. The average molecular weight is 357 g/mol. The molecule has 2 aliphatic rings. The van der Waals surface area contributed by atoms with Crippen molar-refractivity contribution in [1.29, 1.82) is 0 Å². The molecule has 1 saturated heterocycles. The summed E-state index contributed by atoms with van der Waals surface area (Å²) in [5.41, 5.74) is 0. The average Bonchev–Trinajstić information content (AvgIpc) is 3.37. The molecule has 1 aromatic carbocycles. The molecular formula is C20H27N3O3. The molecule has 6 nitrogen and oxygen atoms in total. The highest BCUT2D eigenvalue weighted by Gasteiger charge is 2.28. The van der Waals surface area contributed by atoms with E-state index in [0.29, 0.717) is 12.6 Å². The molecule has 1 unspecified atom stereocenters. The quantitative estimate of drug-likeness (QED) is 0.774. The minimum atomic E-state index is 0.0826. The Balaban J connectivity index is 1.49. The normalized spacial score (nSPS) is 21.0. The van der Waals surface area contributed by atoms with Crippen molar-refractivity contribution in [3.8, 4) is 11.5 Å². The zero-order valence-corrected chi connectivity index (χ0v) is 15.4. The Hall–Kier alpha value is -2.08. The maximum absolute atomic E-state index is 5.89. The van der Waals surface area contributed by atoms with Crippen LogP contribution in [0.5, 0.6) is 11.5 Å². The van der Waals surface area contributed by atoms with Crippen LogP contribution in [0.15, 0.2) is 24.3 Å². The second-order valence-corrected chi connectivity index (χ2v) is 7.09. The van der Waals surface area contributed by atoms with Gasteiger partial charge in [-0.2, -0.15) is 5.10 Å². The van der Waals surface area contributed by atoms with Crippen molar-refractivity contribution < 1.29 is 14.2 Å². The van der Waals surface area contributed by atoms with E-state index in [-0.39, 0.29) is 6.10 Å². The molecule has 0 spiro atoms. The molecule has 2 fully saturated rings. The van der Waals surface area contributed by atoms with E-state index in [2.05, 4.69) is 4.68 Å². The summed E-state index contributed by atoms with van der Waals surface area (Å²) in [5, 5.41) is 4.80. The zero-order valence-electron chi connectivity index (χ0n) is 15.4. The number of hydrogen-bond donors (Lipinski definition) is 0. The van der Waals surface area contributed by atoms with Crippen molar-refractivity contribution in [2.75, 3.05) is 13.7 Å². The Morgan fingerprint density at radius 2 is 1.81 bits per heavy atom. The van der Waals surface area contributed by atoms with E-state index < -0.39 is 0 Å². The fraction of sp³-hybridized carbons (Fsp3) is 0.600. The van der Waals surface area contributed by atoms with Gasteiger partial charge in [-0.1, -0.05) is 19.3 Å². The molecule has 0 amide bonds. The fourth-order valence-electron chi connectivity index (χ4n) is 3.86. The maximum atomic E-state index is 5.89. The Kier molecular flexibility index (Phi) is 5.39. The van der Waals surface area contributed by atoms with Gasteiger partial charge in [0, 0.05) is 6.61 Å². The largest absolute Gasteiger partial charge is 0.497 e. The van der Waals surface area contributed by atoms with Crippen molar-refractivity contribution in [3.63, 3.8) is 0 Å². The number of benzene rings is 1. The van der Waals surface area contributed by atoms with Gasteiger partial charge in [0.1, 0.15) is 24.2 Å². The minimum Gasteiger partial charge on any atom is -0.497 e. The summed E-state index contributed by atoms with van der Waals surface area (Å²) in [6.45, 7) is 1.19. The zero-order chi connectivity index (χ0) is 17.8. The third kappa shape index (κ3) is 3.85. The molecule has 2 aromatic rings. The molecule has 1 aliphatic carbocycles. The topological polar surface area (TPSA) is 58.4 Å². The summed E-state index contributed by atoms with van der Waals surface area (Å²) in [7, 11) is 1.66. The molecule has 6 heteroatoms. The van der Waals surface area contributed by atoms with Crippen LogP contribution in [0, 0.1) is 0 Å². The van der Waals surface area contributed by atoms with Crippen molar-refractivity contribution in [2.45, 2.75) is 63.7 Å². The molecule has 0 radical (unpaired) electrons. The molecule has 2 heterocycles. The van der Waals surface area contributed by atoms with Crippen molar-refractivity contribution in [2.24, 2.45) is 0 Å². The molecule has 1 aliphatic heterocycles. The molecule has 1 saturated carbocycles. The highest BCUT2D eigenvalue weighted by Crippen LogP contribution is 2.33. The molecule has 140 valence electrons. The van der Waals surface area contributed by atoms with Gasteiger partial charge in [-0.05, 0) is 49.9 Å². The third-order valence-corrected chi connectivity index (χ3v) is 5.27. The molecule has 0 bridgehead atoms. The highest BCUT2D eigenvalue weighted by molar-refractivity contribution is 5.31. The van der Waals surface area contributed by atoms with Crippen LogP contribution in [0.3, 0.4) is 0 Å². The Morgan fingerprint density at radius 1 is 1.04 bits per heavy atom. The molecule has 1 atom stereocenters. The first-order valence-corrected chi connectivity index (χ1v) is 9.67. The lowest BCUT2D eigenvalue weighted by Gasteiger charge is -2.24. The lowest BCUT2D eigenvalue weighted by Crippen LogP contribution is -2.18. The van der Waals surface area contributed by atoms with Gasteiger partial charge in [0.2, 0.25) is 0 Å². The summed E-state index contributed by atoms with van der Waals surface area (Å²) < 4.78 is 19.1. The summed E-state index contributed by atoms with van der Waals surface area (Å²) >= 11 is 0. The van der Waals surface area contributed by atoms with Crippen LogP contribution in [0.25, 0.3) is 0 Å². The van der Waals surface area contributed by atoms with Crippen LogP contribution < -0.4 is 9.47 Å². The fourth-order valence-corrected chi connectivity index (χ4v) is 3.86. The predicted molar refractivity (Wildman–Crippen MR) is 97.4 cm³/mol. The number of nitrogens with zero attached hydrogens (tertiary/aromatic N) is 3. The van der Waals surface area contributed by atoms with Crippen molar-refractivity contribution in [1.82, 2.24) is 14.8 Å². The van der Waals surface area contributed by atoms with Crippen LogP contribution in [-0.4, -0.2) is 28.5 Å². The van der Waals surface area contributed by atoms with Crippen LogP contribution in [0.2, 0.25) is 0 Å². The van der Waals surface area contributed by atoms with Gasteiger partial charge < -0.3 is 14.2 Å². The van der Waals surface area contributed by atoms with Gasteiger partial charge in [-0.25, -0.2) is 9.67 Å². The SMILES string of the molecule is COc1ccc(OCc2nc(C3CCCO3)n(C3CCCCC3)n2)cc1. The van der Waals surface area contributed by atoms with Crippen LogP contribution in [0.4, 0.5) is 0 Å². The Bertz CT molecular complexity index is 702. The number of rotatable bonds is 6. The van der Waals surface area contributed by atoms with Gasteiger partial charge in [0.05, 0.1) is 13.2 Å². The van der Waals surface area contributed by atoms with Gasteiger partial charge in [0.25, 0.3) is 0 Å². The van der Waals surface area contributed by atoms with Crippen LogP contribution in [-0.2, 0) is 11.3 Å². The first-order valence-electron chi connectivity index (χ1n) is 9.67. The second kappa shape index (κ2) is 8.08. The van der Waals surface area contributed by atoms with Crippen LogP contribution >= 0.6 is 0 Å². The molecule has 26 heavy (non-hydrogen) atoms. The number of methoxy groups -OCH3 is 1. The molecule has 0 N–H and O–H groups in total. The third-order valence-electron chi connectivity index (χ3n) is 5.27. The first-order chi connectivity index (χ1) is 12.8. The smallest absolute Gasteiger partial charge is 0.188 e. The van der Waals surface area contributed by atoms with Crippen molar-refractivity contribution >= 4 is 0 Å². The van der Waals surface area contributed by atoms with E-state index in [9.17, 15) is 0 Å². The van der Waals surface area contributed by atoms with E-state index in [0.717, 1.165) is 42.6 Å². The number of hydrogen-bond acceptors (Lipinski definition) is 5. The minimum absolute atomic E-state index is 0.0826.